The zero-order chi connectivity index (χ0) is 11.6. The number of amidine groups is 1. The molecule has 1 saturated carbocycles. The van der Waals surface area contributed by atoms with Crippen LogP contribution in [-0.2, 0) is 6.54 Å². The number of fused-ring (bicyclic) bond motifs is 6. The van der Waals surface area contributed by atoms with Crippen molar-refractivity contribution in [2.45, 2.75) is 31.8 Å². The lowest BCUT2D eigenvalue weighted by atomic mass is 10.0. The van der Waals surface area contributed by atoms with E-state index in [9.17, 15) is 0 Å². The fourth-order valence-electron chi connectivity index (χ4n) is 3.40. The number of halogens is 2. The molecule has 0 radical (unpaired) electrons. The van der Waals surface area contributed by atoms with E-state index in [1.165, 1.54) is 34.2 Å². The first-order chi connectivity index (χ1) is 8.22. The van der Waals surface area contributed by atoms with Crippen molar-refractivity contribution in [1.29, 1.82) is 0 Å². The zero-order valence-electron chi connectivity index (χ0n) is 9.29. The van der Waals surface area contributed by atoms with E-state index in [0.29, 0.717) is 5.92 Å². The van der Waals surface area contributed by atoms with Crippen LogP contribution in [0.15, 0.2) is 17.1 Å². The molecule has 2 atom stereocenters. The average molecular weight is 359 g/mol. The Morgan fingerprint density at radius 2 is 2.24 bits per heavy atom. The minimum Gasteiger partial charge on any atom is -0.352 e. The second kappa shape index (κ2) is 3.60. The van der Waals surface area contributed by atoms with E-state index in [1.807, 2.05) is 6.07 Å². The second-order valence-electron chi connectivity index (χ2n) is 5.15. The molecule has 2 fully saturated rings. The summed E-state index contributed by atoms with van der Waals surface area (Å²) >= 11 is 8.65. The predicted octanol–water partition coefficient (Wildman–Crippen LogP) is 3.97. The molecule has 1 aromatic rings. The molecule has 2 aliphatic heterocycles. The highest BCUT2D eigenvalue weighted by Gasteiger charge is 2.44. The average Bonchev–Trinajstić information content (AvgIpc) is 2.87. The molecule has 2 bridgehead atoms. The van der Waals surface area contributed by atoms with Gasteiger partial charge in [-0.25, -0.2) is 4.99 Å². The summed E-state index contributed by atoms with van der Waals surface area (Å²) in [4.78, 5) is 7.35. The molecule has 0 amide bonds. The molecule has 2 unspecified atom stereocenters. The van der Waals surface area contributed by atoms with Gasteiger partial charge in [-0.15, -0.1) is 0 Å². The third-order valence-electron chi connectivity index (χ3n) is 4.21. The predicted molar refractivity (Wildman–Crippen MR) is 77.9 cm³/mol. The first-order valence-electron chi connectivity index (χ1n) is 6.05. The Morgan fingerprint density at radius 1 is 1.35 bits per heavy atom. The maximum atomic E-state index is 6.34. The Bertz CT molecular complexity index is 540. The van der Waals surface area contributed by atoms with Crippen LogP contribution < -0.4 is 0 Å². The summed E-state index contributed by atoms with van der Waals surface area (Å²) in [5.41, 5.74) is 2.31. The summed E-state index contributed by atoms with van der Waals surface area (Å²) in [5.74, 6) is 2.04. The molecule has 1 aliphatic carbocycles. The van der Waals surface area contributed by atoms with Crippen LogP contribution in [0.5, 0.6) is 0 Å². The molecule has 1 aromatic carbocycles. The summed E-state index contributed by atoms with van der Waals surface area (Å²) in [7, 11) is 0. The van der Waals surface area contributed by atoms with Crippen molar-refractivity contribution in [3.05, 3.63) is 26.3 Å². The Labute approximate surface area is 119 Å². The van der Waals surface area contributed by atoms with E-state index in [0.717, 1.165) is 23.3 Å². The molecule has 88 valence electrons. The normalized spacial score (nSPS) is 29.1. The molecule has 0 aromatic heterocycles. The zero-order valence-corrected chi connectivity index (χ0v) is 12.2. The number of benzene rings is 1. The summed E-state index contributed by atoms with van der Waals surface area (Å²) in [5, 5.41) is 0.873. The topological polar surface area (TPSA) is 15.6 Å². The highest BCUT2D eigenvalue weighted by atomic mass is 127. The van der Waals surface area contributed by atoms with Crippen molar-refractivity contribution in [3.63, 3.8) is 0 Å². The van der Waals surface area contributed by atoms with Gasteiger partial charge in [-0.2, -0.15) is 0 Å². The minimum atomic E-state index is 0.713. The van der Waals surface area contributed by atoms with Crippen molar-refractivity contribution in [2.75, 3.05) is 0 Å². The van der Waals surface area contributed by atoms with E-state index in [-0.39, 0.29) is 0 Å². The van der Waals surface area contributed by atoms with Crippen molar-refractivity contribution in [3.8, 4) is 0 Å². The van der Waals surface area contributed by atoms with E-state index in [4.69, 9.17) is 16.6 Å². The van der Waals surface area contributed by atoms with Gasteiger partial charge in [-0.05, 0) is 54.0 Å². The Balaban J connectivity index is 1.87. The Hall–Kier alpha value is -0.290. The summed E-state index contributed by atoms with van der Waals surface area (Å²) < 4.78 is 1.17. The molecule has 1 saturated heterocycles. The van der Waals surface area contributed by atoms with E-state index in [1.54, 1.807) is 0 Å². The van der Waals surface area contributed by atoms with E-state index < -0.39 is 0 Å². The van der Waals surface area contributed by atoms with Gasteiger partial charge in [0, 0.05) is 32.7 Å². The maximum Gasteiger partial charge on any atom is 0.109 e. The van der Waals surface area contributed by atoms with Gasteiger partial charge in [0.25, 0.3) is 0 Å². The van der Waals surface area contributed by atoms with Crippen molar-refractivity contribution < 1.29 is 0 Å². The van der Waals surface area contributed by atoms with Gasteiger partial charge in [-0.3, -0.25) is 0 Å². The number of hydrogen-bond acceptors (Lipinski definition) is 2. The van der Waals surface area contributed by atoms with Crippen molar-refractivity contribution >= 4 is 45.7 Å². The van der Waals surface area contributed by atoms with Gasteiger partial charge < -0.3 is 4.90 Å². The third-order valence-corrected chi connectivity index (χ3v) is 5.17. The largest absolute Gasteiger partial charge is 0.352 e. The summed E-state index contributed by atoms with van der Waals surface area (Å²) in [6.45, 7) is 0.963. The standard InChI is InChI=1S/C13H12ClIN2/c14-11-4-8(15)5-12-10(11)6-17-9-2-1-7(3-9)13(17)16-12/h4-5,7,9H,1-3,6H2. The minimum absolute atomic E-state index is 0.713. The Kier molecular flexibility index (Phi) is 2.25. The summed E-state index contributed by atoms with van der Waals surface area (Å²) in [6, 6.07) is 4.91. The van der Waals surface area contributed by atoms with E-state index >= 15 is 0 Å². The highest BCUT2D eigenvalue weighted by molar-refractivity contribution is 14.1. The van der Waals surface area contributed by atoms with E-state index in [2.05, 4.69) is 33.6 Å². The number of aliphatic imine (C=N–C) groups is 1. The van der Waals surface area contributed by atoms with Crippen LogP contribution in [0, 0.1) is 9.49 Å². The Morgan fingerprint density at radius 3 is 3.12 bits per heavy atom. The fourth-order valence-corrected chi connectivity index (χ4v) is 4.47. The molecule has 2 nitrogen and oxygen atoms in total. The number of nitrogens with zero attached hydrogens (tertiary/aromatic N) is 2. The molecule has 2 heterocycles. The lowest BCUT2D eigenvalue weighted by molar-refractivity contribution is 0.317. The molecular weight excluding hydrogens is 347 g/mol. The highest BCUT2D eigenvalue weighted by Crippen LogP contribution is 2.45. The molecule has 0 spiro atoms. The molecular formula is C13H12ClIN2. The van der Waals surface area contributed by atoms with Crippen LogP contribution in [0.4, 0.5) is 5.69 Å². The van der Waals surface area contributed by atoms with Gasteiger partial charge >= 0.3 is 0 Å². The molecule has 3 aliphatic rings. The quantitative estimate of drug-likeness (QED) is 0.641. The van der Waals surface area contributed by atoms with Crippen LogP contribution in [0.2, 0.25) is 5.02 Å². The molecule has 4 rings (SSSR count). The number of hydrogen-bond donors (Lipinski definition) is 0. The number of piperidine rings is 1. The van der Waals surface area contributed by atoms with Crippen molar-refractivity contribution in [1.82, 2.24) is 4.90 Å². The van der Waals surface area contributed by atoms with Gasteiger partial charge in [0.2, 0.25) is 0 Å². The van der Waals surface area contributed by atoms with Crippen molar-refractivity contribution in [2.24, 2.45) is 10.9 Å². The first kappa shape index (κ1) is 10.6. The van der Waals surface area contributed by atoms with Gasteiger partial charge in [-0.1, -0.05) is 11.6 Å². The number of rotatable bonds is 0. The molecule has 4 heteroatoms. The second-order valence-corrected chi connectivity index (χ2v) is 6.80. The van der Waals surface area contributed by atoms with Gasteiger partial charge in [0.1, 0.15) is 5.84 Å². The van der Waals surface area contributed by atoms with Crippen LogP contribution in [0.3, 0.4) is 0 Å². The van der Waals surface area contributed by atoms with Gasteiger partial charge in [0.15, 0.2) is 0 Å². The fraction of sp³-hybridized carbons (Fsp3) is 0.462. The maximum absolute atomic E-state index is 6.34. The van der Waals surface area contributed by atoms with Crippen LogP contribution in [0.25, 0.3) is 0 Å². The molecule has 17 heavy (non-hydrogen) atoms. The summed E-state index contributed by atoms with van der Waals surface area (Å²) in [6.07, 6.45) is 3.97. The smallest absolute Gasteiger partial charge is 0.109 e. The monoisotopic (exact) mass is 358 g/mol. The van der Waals surface area contributed by atoms with Crippen LogP contribution in [0.1, 0.15) is 24.8 Å². The molecule has 0 N–H and O–H groups in total. The van der Waals surface area contributed by atoms with Gasteiger partial charge in [0.05, 0.1) is 5.69 Å². The first-order valence-corrected chi connectivity index (χ1v) is 7.51. The third kappa shape index (κ3) is 1.48. The SMILES string of the molecule is Clc1cc(I)cc2c1CN1C(=N2)C2CCC1C2. The van der Waals surface area contributed by atoms with Crippen LogP contribution in [-0.4, -0.2) is 16.8 Å². The lowest BCUT2D eigenvalue weighted by Gasteiger charge is -2.34. The lowest BCUT2D eigenvalue weighted by Crippen LogP contribution is -2.38. The van der Waals surface area contributed by atoms with Crippen LogP contribution >= 0.6 is 34.2 Å².